The van der Waals surface area contributed by atoms with Crippen LogP contribution in [-0.2, 0) is 4.79 Å². The first-order chi connectivity index (χ1) is 6.56. The van der Waals surface area contributed by atoms with Gasteiger partial charge in [0.15, 0.2) is 0 Å². The molecule has 0 unspecified atom stereocenters. The summed E-state index contributed by atoms with van der Waals surface area (Å²) in [4.78, 5) is 9.60. The van der Waals surface area contributed by atoms with Crippen LogP contribution in [0.25, 0.3) is 0 Å². The fourth-order valence-corrected chi connectivity index (χ4v) is 1.21. The molecule has 0 saturated carbocycles. The summed E-state index contributed by atoms with van der Waals surface area (Å²) in [5.74, 6) is -0.711. The molecule has 1 aromatic rings. The van der Waals surface area contributed by atoms with E-state index in [1.807, 2.05) is 19.1 Å². The minimum atomic E-state index is -0.711. The molecular formula is C10H12ClNaO2. The molecule has 2 nitrogen and oxygen atoms in total. The van der Waals surface area contributed by atoms with E-state index < -0.39 is 5.97 Å². The molecule has 0 aromatic heterocycles. The quantitative estimate of drug-likeness (QED) is 0.778. The number of carbonyl (C=O) groups is 1. The summed E-state index contributed by atoms with van der Waals surface area (Å²) in [6.45, 7) is 1.84. The van der Waals surface area contributed by atoms with Crippen LogP contribution in [0.15, 0.2) is 24.3 Å². The molecule has 4 heteroatoms. The number of benzene rings is 1. The van der Waals surface area contributed by atoms with Gasteiger partial charge >= 0.3 is 77.6 Å². The molecule has 1 rings (SSSR count). The number of halogens is 1. The molecule has 1 aromatic carbocycles. The van der Waals surface area contributed by atoms with E-state index in [1.165, 1.54) is 2.81 Å². The molecule has 14 heavy (non-hydrogen) atoms. The number of carboxylic acids is 1. The summed E-state index contributed by atoms with van der Waals surface area (Å²) in [5.41, 5.74) is 0. The van der Waals surface area contributed by atoms with Crippen molar-refractivity contribution < 1.29 is 9.90 Å². The van der Waals surface area contributed by atoms with Gasteiger partial charge in [0.05, 0.1) is 0 Å². The number of carboxylic acid groups (broad SMARTS) is 1. The standard InChI is InChI=1S/C6H4Cl.C4H8O2.Na/c7-6-4-2-1-3-5-6;1-2-3-4(5)6;/h2-5H;2-3H2,1H3,(H,5,6);. The summed E-state index contributed by atoms with van der Waals surface area (Å²) in [5, 5.41) is 8.74. The van der Waals surface area contributed by atoms with Gasteiger partial charge < -0.3 is 5.11 Å². The Kier molecular flexibility index (Phi) is 8.29. The van der Waals surface area contributed by atoms with Gasteiger partial charge in [-0.1, -0.05) is 6.92 Å². The number of hydrogen-bond donors (Lipinski definition) is 1. The zero-order valence-corrected chi connectivity index (χ0v) is 11.2. The fraction of sp³-hybridized carbons (Fsp3) is 0.300. The third-order valence-corrected chi connectivity index (χ3v) is 2.39. The Morgan fingerprint density at radius 3 is 2.14 bits per heavy atom. The van der Waals surface area contributed by atoms with Crippen LogP contribution in [-0.4, -0.2) is 39.0 Å². The van der Waals surface area contributed by atoms with Gasteiger partial charge in [-0.3, -0.25) is 4.79 Å². The molecule has 0 aliphatic heterocycles. The van der Waals surface area contributed by atoms with Crippen molar-refractivity contribution in [3.63, 3.8) is 0 Å². The monoisotopic (exact) mass is 222 g/mol. The van der Waals surface area contributed by atoms with Crippen molar-refractivity contribution in [1.82, 2.24) is 0 Å². The molecule has 0 fully saturated rings. The van der Waals surface area contributed by atoms with E-state index in [2.05, 4.69) is 12.1 Å². The van der Waals surface area contributed by atoms with Gasteiger partial charge in [0.1, 0.15) is 0 Å². The van der Waals surface area contributed by atoms with Gasteiger partial charge in [0.2, 0.25) is 0 Å². The first-order valence-electron chi connectivity index (χ1n) is 4.50. The summed E-state index contributed by atoms with van der Waals surface area (Å²) >= 11 is 6.74. The van der Waals surface area contributed by atoms with E-state index in [0.717, 1.165) is 39.4 Å². The average Bonchev–Trinajstić information content (AvgIpc) is 2.11. The Hall–Kier alpha value is -0.0200. The Bertz CT molecular complexity index is 251. The number of hydrogen-bond acceptors (Lipinski definition) is 1. The second kappa shape index (κ2) is 8.30. The molecule has 0 aliphatic rings. The van der Waals surface area contributed by atoms with Gasteiger partial charge in [-0.15, -0.1) is 0 Å². The predicted octanol–water partition coefficient (Wildman–Crippen LogP) is 2.00. The first-order valence-corrected chi connectivity index (χ1v) is 5.88. The van der Waals surface area contributed by atoms with E-state index >= 15 is 0 Å². The topological polar surface area (TPSA) is 37.3 Å². The zero-order chi connectivity index (χ0) is 11.0. The van der Waals surface area contributed by atoms with E-state index in [1.54, 1.807) is 0 Å². The van der Waals surface area contributed by atoms with Crippen LogP contribution in [0, 0.1) is 0 Å². The molecule has 0 amide bonds. The van der Waals surface area contributed by atoms with Crippen molar-refractivity contribution in [2.75, 3.05) is 0 Å². The molecule has 0 aliphatic carbocycles. The van der Waals surface area contributed by atoms with Crippen LogP contribution < -0.4 is 2.81 Å². The van der Waals surface area contributed by atoms with Crippen LogP contribution in [0.4, 0.5) is 0 Å². The Morgan fingerprint density at radius 2 is 1.93 bits per heavy atom. The van der Waals surface area contributed by atoms with Crippen molar-refractivity contribution in [3.05, 3.63) is 29.3 Å². The maximum absolute atomic E-state index is 9.60. The SMILES string of the molecule is CCCC(=O)O.[Na][c]1ccc(Cl)cc1. The normalized spacial score (nSPS) is 8.86. The van der Waals surface area contributed by atoms with E-state index in [-0.39, 0.29) is 0 Å². The molecule has 0 saturated heterocycles. The molecule has 0 heterocycles. The van der Waals surface area contributed by atoms with Crippen molar-refractivity contribution in [2.24, 2.45) is 0 Å². The molecule has 0 atom stereocenters. The van der Waals surface area contributed by atoms with Crippen LogP contribution >= 0.6 is 11.6 Å². The fourth-order valence-electron chi connectivity index (χ4n) is 0.747. The van der Waals surface area contributed by atoms with Gasteiger partial charge in [0, 0.05) is 6.42 Å². The van der Waals surface area contributed by atoms with Crippen LogP contribution in [0.1, 0.15) is 19.8 Å². The van der Waals surface area contributed by atoms with Crippen molar-refractivity contribution in [1.29, 1.82) is 0 Å². The van der Waals surface area contributed by atoms with Crippen LogP contribution in [0.5, 0.6) is 0 Å². The average molecular weight is 223 g/mol. The number of aliphatic carboxylic acids is 1. The molecule has 0 bridgehead atoms. The summed E-state index contributed by atoms with van der Waals surface area (Å²) in [6, 6.07) is 7.94. The van der Waals surface area contributed by atoms with Gasteiger partial charge in [-0.05, 0) is 6.42 Å². The van der Waals surface area contributed by atoms with Crippen molar-refractivity contribution in [3.8, 4) is 0 Å². The Morgan fingerprint density at radius 1 is 1.43 bits per heavy atom. The Labute approximate surface area is 107 Å². The summed E-state index contributed by atoms with van der Waals surface area (Å²) < 4.78 is 1.38. The van der Waals surface area contributed by atoms with E-state index in [4.69, 9.17) is 16.7 Å². The third kappa shape index (κ3) is 8.57. The summed E-state index contributed by atoms with van der Waals surface area (Å²) in [6.07, 6.45) is 1.02. The molecular weight excluding hydrogens is 211 g/mol. The minimum absolute atomic E-state index is 0.292. The molecule has 0 spiro atoms. The molecule has 0 radical (unpaired) electrons. The van der Waals surface area contributed by atoms with Crippen molar-refractivity contribution in [2.45, 2.75) is 19.8 Å². The maximum atomic E-state index is 9.60. The van der Waals surface area contributed by atoms with Gasteiger partial charge in [0.25, 0.3) is 0 Å². The second-order valence-electron chi connectivity index (χ2n) is 2.94. The third-order valence-electron chi connectivity index (χ3n) is 1.47. The zero-order valence-electron chi connectivity index (χ0n) is 8.46. The number of rotatable bonds is 2. The Balaban J connectivity index is 0.000000255. The van der Waals surface area contributed by atoms with Crippen molar-refractivity contribution >= 4 is 48.3 Å². The van der Waals surface area contributed by atoms with Crippen LogP contribution in [0.2, 0.25) is 5.02 Å². The van der Waals surface area contributed by atoms with E-state index in [9.17, 15) is 4.79 Å². The van der Waals surface area contributed by atoms with E-state index in [0.29, 0.717) is 6.42 Å². The second-order valence-corrected chi connectivity index (χ2v) is 4.53. The summed E-state index contributed by atoms with van der Waals surface area (Å²) in [7, 11) is 0. The first kappa shape index (κ1) is 14.0. The van der Waals surface area contributed by atoms with Gasteiger partial charge in [-0.25, -0.2) is 0 Å². The molecule has 72 valence electrons. The van der Waals surface area contributed by atoms with Gasteiger partial charge in [-0.2, -0.15) is 0 Å². The van der Waals surface area contributed by atoms with Crippen LogP contribution in [0.3, 0.4) is 0 Å². The molecule has 1 N–H and O–H groups in total. The predicted molar refractivity (Wildman–Crippen MR) is 59.4 cm³/mol.